The Morgan fingerprint density at radius 2 is 2.04 bits per heavy atom. The Kier molecular flexibility index (Phi) is 9.57. The molecule has 0 aliphatic heterocycles. The average Bonchev–Trinajstić information content (AvgIpc) is 3.01. The lowest BCUT2D eigenvalue weighted by molar-refractivity contribution is 0.298. The van der Waals surface area contributed by atoms with Crippen molar-refractivity contribution in [2.45, 2.75) is 12.5 Å². The molecule has 1 heterocycles. The molecule has 0 aliphatic rings. The van der Waals surface area contributed by atoms with Gasteiger partial charge in [0.1, 0.15) is 5.82 Å². The van der Waals surface area contributed by atoms with Gasteiger partial charge in [-0.1, -0.05) is 18.2 Å². The fourth-order valence-electron chi connectivity index (χ4n) is 2.64. The van der Waals surface area contributed by atoms with Gasteiger partial charge in [-0.15, -0.1) is 24.0 Å². The third-order valence-corrected chi connectivity index (χ3v) is 4.06. The van der Waals surface area contributed by atoms with E-state index in [4.69, 9.17) is 0 Å². The highest BCUT2D eigenvalue weighted by molar-refractivity contribution is 14.0. The summed E-state index contributed by atoms with van der Waals surface area (Å²) in [7, 11) is 7.71. The summed E-state index contributed by atoms with van der Waals surface area (Å²) in [6.45, 7) is 1.30. The Morgan fingerprint density at radius 3 is 2.62 bits per heavy atom. The predicted octanol–water partition coefficient (Wildman–Crippen LogP) is 2.19. The molecule has 1 aromatic carbocycles. The van der Waals surface area contributed by atoms with E-state index in [1.165, 1.54) is 6.07 Å². The Balaban J connectivity index is 0.00000338. The van der Waals surface area contributed by atoms with Crippen molar-refractivity contribution in [3.05, 3.63) is 53.6 Å². The van der Waals surface area contributed by atoms with Crippen LogP contribution in [0.25, 0.3) is 0 Å². The molecule has 0 amide bonds. The van der Waals surface area contributed by atoms with E-state index in [9.17, 15) is 4.39 Å². The highest BCUT2D eigenvalue weighted by atomic mass is 127. The SMILES string of the molecule is CN=C(NCCc1ccccc1F)NCC(c1cnn(C)c1)N(C)C.I. The number of halogens is 2. The lowest BCUT2D eigenvalue weighted by Gasteiger charge is -2.24. The van der Waals surface area contributed by atoms with Gasteiger partial charge in [0.15, 0.2) is 5.96 Å². The molecule has 0 spiro atoms. The van der Waals surface area contributed by atoms with E-state index in [-0.39, 0.29) is 35.8 Å². The summed E-state index contributed by atoms with van der Waals surface area (Å²) >= 11 is 0. The fraction of sp³-hybridized carbons (Fsp3) is 0.444. The molecule has 0 bridgehead atoms. The summed E-state index contributed by atoms with van der Waals surface area (Å²) in [5, 5.41) is 10.8. The van der Waals surface area contributed by atoms with E-state index in [2.05, 4.69) is 25.6 Å². The van der Waals surface area contributed by atoms with Gasteiger partial charge in [0, 0.05) is 38.9 Å². The number of nitrogens with zero attached hydrogens (tertiary/aromatic N) is 4. The number of aliphatic imine (C=N–C) groups is 1. The van der Waals surface area contributed by atoms with E-state index in [1.54, 1.807) is 23.9 Å². The predicted molar refractivity (Wildman–Crippen MR) is 115 cm³/mol. The van der Waals surface area contributed by atoms with Gasteiger partial charge in [-0.3, -0.25) is 9.67 Å². The molecule has 0 fully saturated rings. The van der Waals surface area contributed by atoms with Crippen LogP contribution in [0.15, 0.2) is 41.7 Å². The monoisotopic (exact) mass is 474 g/mol. The molecule has 2 rings (SSSR count). The number of aryl methyl sites for hydroxylation is 1. The normalized spacial score (nSPS) is 12.6. The highest BCUT2D eigenvalue weighted by Crippen LogP contribution is 2.16. The third-order valence-electron chi connectivity index (χ3n) is 4.06. The lowest BCUT2D eigenvalue weighted by atomic mass is 10.1. The van der Waals surface area contributed by atoms with E-state index in [0.29, 0.717) is 31.0 Å². The minimum atomic E-state index is -0.170. The summed E-state index contributed by atoms with van der Waals surface area (Å²) in [6, 6.07) is 7.02. The quantitative estimate of drug-likeness (QED) is 0.367. The van der Waals surface area contributed by atoms with Crippen molar-refractivity contribution < 1.29 is 4.39 Å². The van der Waals surface area contributed by atoms with Gasteiger partial charge in [0.2, 0.25) is 0 Å². The summed E-state index contributed by atoms with van der Waals surface area (Å²) in [5.74, 6) is 0.531. The van der Waals surface area contributed by atoms with Crippen LogP contribution in [-0.4, -0.2) is 54.9 Å². The number of rotatable bonds is 7. The molecule has 144 valence electrons. The van der Waals surface area contributed by atoms with Crippen molar-refractivity contribution >= 4 is 29.9 Å². The molecule has 1 atom stereocenters. The molecule has 0 aliphatic carbocycles. The number of nitrogens with one attached hydrogen (secondary N) is 2. The molecule has 26 heavy (non-hydrogen) atoms. The largest absolute Gasteiger partial charge is 0.356 e. The van der Waals surface area contributed by atoms with Crippen molar-refractivity contribution in [3.63, 3.8) is 0 Å². The molecule has 8 heteroatoms. The zero-order chi connectivity index (χ0) is 18.2. The topological polar surface area (TPSA) is 57.5 Å². The van der Waals surface area contributed by atoms with E-state index >= 15 is 0 Å². The van der Waals surface area contributed by atoms with Crippen LogP contribution in [-0.2, 0) is 13.5 Å². The van der Waals surface area contributed by atoms with Crippen molar-refractivity contribution in [2.24, 2.45) is 12.0 Å². The molecule has 2 N–H and O–H groups in total. The first-order valence-corrected chi connectivity index (χ1v) is 8.34. The van der Waals surface area contributed by atoms with Crippen molar-refractivity contribution in [1.29, 1.82) is 0 Å². The number of hydrogen-bond acceptors (Lipinski definition) is 3. The van der Waals surface area contributed by atoms with Crippen molar-refractivity contribution in [3.8, 4) is 0 Å². The Labute approximate surface area is 171 Å². The molecule has 6 nitrogen and oxygen atoms in total. The summed E-state index contributed by atoms with van der Waals surface area (Å²) < 4.78 is 15.4. The van der Waals surface area contributed by atoms with Crippen LogP contribution in [0.5, 0.6) is 0 Å². The Morgan fingerprint density at radius 1 is 1.31 bits per heavy atom. The van der Waals surface area contributed by atoms with Gasteiger partial charge < -0.3 is 15.5 Å². The Bertz CT molecular complexity index is 700. The molecule has 0 radical (unpaired) electrons. The van der Waals surface area contributed by atoms with E-state index in [1.807, 2.05) is 39.6 Å². The van der Waals surface area contributed by atoms with Crippen LogP contribution in [0.1, 0.15) is 17.2 Å². The standard InChI is InChI=1S/C18H27FN6.HI/c1-20-18(21-10-9-14-7-5-6-8-16(14)19)22-12-17(24(2)3)15-11-23-25(4)13-15;/h5-8,11,13,17H,9-10,12H2,1-4H3,(H2,20,21,22);1H. The first kappa shape index (κ1) is 22.4. The van der Waals surface area contributed by atoms with Crippen LogP contribution in [0, 0.1) is 5.82 Å². The number of guanidine groups is 1. The van der Waals surface area contributed by atoms with Crippen LogP contribution in [0.3, 0.4) is 0 Å². The number of likely N-dealkylation sites (N-methyl/N-ethyl adjacent to an activating group) is 1. The van der Waals surface area contributed by atoms with Crippen LogP contribution in [0.4, 0.5) is 4.39 Å². The number of aromatic nitrogens is 2. The average molecular weight is 474 g/mol. The van der Waals surface area contributed by atoms with Gasteiger partial charge in [-0.25, -0.2) is 4.39 Å². The maximum Gasteiger partial charge on any atom is 0.191 e. The first-order valence-electron chi connectivity index (χ1n) is 8.34. The van der Waals surface area contributed by atoms with Gasteiger partial charge in [-0.2, -0.15) is 5.10 Å². The second-order valence-corrected chi connectivity index (χ2v) is 6.15. The molecule has 1 unspecified atom stereocenters. The zero-order valence-corrected chi connectivity index (χ0v) is 18.1. The van der Waals surface area contributed by atoms with E-state index < -0.39 is 0 Å². The second kappa shape index (κ2) is 11.1. The zero-order valence-electron chi connectivity index (χ0n) is 15.7. The van der Waals surface area contributed by atoms with Gasteiger partial charge in [-0.05, 0) is 32.1 Å². The fourth-order valence-corrected chi connectivity index (χ4v) is 2.64. The minimum absolute atomic E-state index is 0. The first-order chi connectivity index (χ1) is 12.0. The molecule has 1 aromatic heterocycles. The van der Waals surface area contributed by atoms with Crippen LogP contribution < -0.4 is 10.6 Å². The van der Waals surface area contributed by atoms with Crippen molar-refractivity contribution in [2.75, 3.05) is 34.2 Å². The third kappa shape index (κ3) is 6.56. The molecule has 0 saturated heterocycles. The number of hydrogen-bond donors (Lipinski definition) is 2. The van der Waals surface area contributed by atoms with E-state index in [0.717, 1.165) is 5.56 Å². The van der Waals surface area contributed by atoms with Gasteiger partial charge in [0.25, 0.3) is 0 Å². The Hall–Kier alpha value is -1.68. The molecule has 2 aromatic rings. The summed E-state index contributed by atoms with van der Waals surface area (Å²) in [6.07, 6.45) is 4.49. The highest BCUT2D eigenvalue weighted by Gasteiger charge is 2.16. The van der Waals surface area contributed by atoms with Gasteiger partial charge in [0.05, 0.1) is 12.2 Å². The van der Waals surface area contributed by atoms with Crippen LogP contribution >= 0.6 is 24.0 Å². The molecular formula is C18H28FIN6. The molecular weight excluding hydrogens is 446 g/mol. The summed E-state index contributed by atoms with van der Waals surface area (Å²) in [4.78, 5) is 6.37. The lowest BCUT2D eigenvalue weighted by Crippen LogP contribution is -2.42. The second-order valence-electron chi connectivity index (χ2n) is 6.15. The summed E-state index contributed by atoms with van der Waals surface area (Å²) in [5.41, 5.74) is 1.84. The number of benzene rings is 1. The maximum absolute atomic E-state index is 13.6. The smallest absolute Gasteiger partial charge is 0.191 e. The maximum atomic E-state index is 13.6. The molecule has 0 saturated carbocycles. The minimum Gasteiger partial charge on any atom is -0.356 e. The van der Waals surface area contributed by atoms with Gasteiger partial charge >= 0.3 is 0 Å². The van der Waals surface area contributed by atoms with Crippen molar-refractivity contribution in [1.82, 2.24) is 25.3 Å². The van der Waals surface area contributed by atoms with Crippen LogP contribution in [0.2, 0.25) is 0 Å².